The van der Waals surface area contributed by atoms with Gasteiger partial charge in [0.15, 0.2) is 0 Å². The number of hydrogen-bond acceptors (Lipinski definition) is 1. The molecule has 92 valence electrons. The highest BCUT2D eigenvalue weighted by Crippen LogP contribution is 2.35. The van der Waals surface area contributed by atoms with E-state index in [9.17, 15) is 0 Å². The van der Waals surface area contributed by atoms with Gasteiger partial charge in [-0.3, -0.25) is 0 Å². The molecular formula is C17H19N. The Morgan fingerprint density at radius 2 is 1.83 bits per heavy atom. The van der Waals surface area contributed by atoms with Crippen LogP contribution in [0.5, 0.6) is 0 Å². The van der Waals surface area contributed by atoms with Crippen LogP contribution in [0, 0.1) is 6.92 Å². The molecule has 2 aromatic carbocycles. The van der Waals surface area contributed by atoms with Crippen LogP contribution in [-0.2, 0) is 6.42 Å². The van der Waals surface area contributed by atoms with E-state index < -0.39 is 0 Å². The molecule has 0 fully saturated rings. The second-order valence-corrected chi connectivity index (χ2v) is 5.16. The van der Waals surface area contributed by atoms with E-state index in [0.29, 0.717) is 6.04 Å². The van der Waals surface area contributed by atoms with Crippen molar-refractivity contribution in [3.63, 3.8) is 0 Å². The molecule has 1 aliphatic heterocycles. The van der Waals surface area contributed by atoms with Crippen molar-refractivity contribution in [2.45, 2.75) is 26.3 Å². The van der Waals surface area contributed by atoms with Crippen molar-refractivity contribution >= 4 is 5.69 Å². The molecule has 1 unspecified atom stereocenters. The lowest BCUT2D eigenvalue weighted by molar-refractivity contribution is 0.697. The zero-order valence-electron chi connectivity index (χ0n) is 11.1. The number of benzene rings is 2. The minimum Gasteiger partial charge on any atom is -0.364 e. The number of nitrogens with zero attached hydrogens (tertiary/aromatic N) is 1. The molecule has 2 aromatic rings. The minimum atomic E-state index is 0.454. The van der Waals surface area contributed by atoms with E-state index >= 15 is 0 Å². The van der Waals surface area contributed by atoms with Crippen LogP contribution in [0.2, 0.25) is 0 Å². The van der Waals surface area contributed by atoms with Gasteiger partial charge in [0.05, 0.1) is 6.04 Å². The van der Waals surface area contributed by atoms with Crippen molar-refractivity contribution < 1.29 is 0 Å². The van der Waals surface area contributed by atoms with Gasteiger partial charge in [0.1, 0.15) is 0 Å². The predicted octanol–water partition coefficient (Wildman–Crippen LogP) is 4.12. The molecule has 18 heavy (non-hydrogen) atoms. The van der Waals surface area contributed by atoms with Gasteiger partial charge in [0, 0.05) is 12.2 Å². The fourth-order valence-electron chi connectivity index (χ4n) is 2.87. The molecule has 0 spiro atoms. The molecule has 0 aromatic heterocycles. The Kier molecular flexibility index (Phi) is 2.83. The number of hydrogen-bond donors (Lipinski definition) is 0. The molecule has 1 aliphatic rings. The molecule has 1 heteroatoms. The summed E-state index contributed by atoms with van der Waals surface area (Å²) in [5.41, 5.74) is 5.67. The third-order valence-electron chi connectivity index (χ3n) is 3.92. The zero-order valence-corrected chi connectivity index (χ0v) is 11.1. The van der Waals surface area contributed by atoms with Crippen molar-refractivity contribution in [1.29, 1.82) is 0 Å². The molecule has 3 rings (SSSR count). The zero-order chi connectivity index (χ0) is 12.5. The van der Waals surface area contributed by atoms with E-state index in [0.717, 1.165) is 6.54 Å². The van der Waals surface area contributed by atoms with Crippen molar-refractivity contribution in [3.8, 4) is 0 Å². The lowest BCUT2D eigenvalue weighted by Gasteiger charge is -2.27. The standard InChI is InChI=1S/C17H19N/c1-13-8-9-17-16(12-13)10-11-18(17)14(2)15-6-4-3-5-7-15/h3-9,12,14H,10-11H2,1-2H3. The van der Waals surface area contributed by atoms with Gasteiger partial charge in [-0.25, -0.2) is 0 Å². The van der Waals surface area contributed by atoms with Gasteiger partial charge >= 0.3 is 0 Å². The molecule has 0 saturated carbocycles. The first-order valence-corrected chi connectivity index (χ1v) is 6.67. The van der Waals surface area contributed by atoms with E-state index in [1.54, 1.807) is 0 Å². The summed E-state index contributed by atoms with van der Waals surface area (Å²) in [5, 5.41) is 0. The van der Waals surface area contributed by atoms with Crippen molar-refractivity contribution in [1.82, 2.24) is 0 Å². The maximum atomic E-state index is 2.52. The average molecular weight is 237 g/mol. The molecule has 0 aliphatic carbocycles. The average Bonchev–Trinajstić information content (AvgIpc) is 2.81. The van der Waals surface area contributed by atoms with Crippen LogP contribution in [-0.4, -0.2) is 6.54 Å². The Morgan fingerprint density at radius 1 is 1.06 bits per heavy atom. The van der Waals surface area contributed by atoms with E-state index in [1.165, 1.54) is 28.8 Å². The number of rotatable bonds is 2. The summed E-state index contributed by atoms with van der Waals surface area (Å²) in [7, 11) is 0. The van der Waals surface area contributed by atoms with Crippen LogP contribution in [0.4, 0.5) is 5.69 Å². The third-order valence-corrected chi connectivity index (χ3v) is 3.92. The van der Waals surface area contributed by atoms with Crippen LogP contribution in [0.1, 0.15) is 29.7 Å². The summed E-state index contributed by atoms with van der Waals surface area (Å²) >= 11 is 0. The second-order valence-electron chi connectivity index (χ2n) is 5.16. The Balaban J connectivity index is 1.93. The molecular weight excluding hydrogens is 218 g/mol. The quantitative estimate of drug-likeness (QED) is 0.759. The second kappa shape index (κ2) is 4.49. The molecule has 0 amide bonds. The minimum absolute atomic E-state index is 0.454. The first-order chi connectivity index (χ1) is 8.75. The van der Waals surface area contributed by atoms with Crippen molar-refractivity contribution in [2.24, 2.45) is 0 Å². The summed E-state index contributed by atoms with van der Waals surface area (Å²) < 4.78 is 0. The van der Waals surface area contributed by atoms with E-state index in [1.807, 2.05) is 0 Å². The maximum absolute atomic E-state index is 2.52. The molecule has 0 bridgehead atoms. The van der Waals surface area contributed by atoms with Gasteiger partial charge in [-0.1, -0.05) is 48.0 Å². The Bertz CT molecular complexity index is 545. The molecule has 1 nitrogen and oxygen atoms in total. The maximum Gasteiger partial charge on any atom is 0.0514 e. The highest BCUT2D eigenvalue weighted by atomic mass is 15.2. The van der Waals surface area contributed by atoms with Crippen molar-refractivity contribution in [2.75, 3.05) is 11.4 Å². The Hall–Kier alpha value is -1.76. The summed E-state index contributed by atoms with van der Waals surface area (Å²) in [6, 6.07) is 18.0. The molecule has 0 radical (unpaired) electrons. The third kappa shape index (κ3) is 1.90. The van der Waals surface area contributed by atoms with E-state index in [4.69, 9.17) is 0 Å². The number of fused-ring (bicyclic) bond motifs is 1. The normalized spacial score (nSPS) is 15.6. The Labute approximate surface area is 109 Å². The SMILES string of the molecule is Cc1ccc2c(c1)CCN2C(C)c1ccccc1. The summed E-state index contributed by atoms with van der Waals surface area (Å²) in [4.78, 5) is 2.52. The van der Waals surface area contributed by atoms with Crippen LogP contribution < -0.4 is 4.90 Å². The largest absolute Gasteiger partial charge is 0.364 e. The first kappa shape index (κ1) is 11.3. The molecule has 0 N–H and O–H groups in total. The van der Waals surface area contributed by atoms with Gasteiger partial charge in [-0.05, 0) is 37.5 Å². The number of anilines is 1. The monoisotopic (exact) mass is 237 g/mol. The van der Waals surface area contributed by atoms with Crippen LogP contribution in [0.3, 0.4) is 0 Å². The van der Waals surface area contributed by atoms with Gasteiger partial charge < -0.3 is 4.90 Å². The lowest BCUT2D eigenvalue weighted by atomic mass is 10.1. The van der Waals surface area contributed by atoms with Gasteiger partial charge in [0.2, 0.25) is 0 Å². The van der Waals surface area contributed by atoms with Crippen LogP contribution >= 0.6 is 0 Å². The number of aryl methyl sites for hydroxylation is 1. The highest BCUT2D eigenvalue weighted by molar-refractivity contribution is 5.60. The smallest absolute Gasteiger partial charge is 0.0514 e. The fourth-order valence-corrected chi connectivity index (χ4v) is 2.87. The summed E-state index contributed by atoms with van der Waals surface area (Å²) in [5.74, 6) is 0. The molecule has 0 saturated heterocycles. The topological polar surface area (TPSA) is 3.24 Å². The molecule has 1 heterocycles. The predicted molar refractivity (Wildman–Crippen MR) is 77.1 cm³/mol. The summed E-state index contributed by atoms with van der Waals surface area (Å²) in [6.45, 7) is 5.60. The fraction of sp³-hybridized carbons (Fsp3) is 0.294. The molecule has 1 atom stereocenters. The lowest BCUT2D eigenvalue weighted by Crippen LogP contribution is -2.24. The van der Waals surface area contributed by atoms with E-state index in [2.05, 4.69) is 67.3 Å². The van der Waals surface area contributed by atoms with E-state index in [-0.39, 0.29) is 0 Å². The van der Waals surface area contributed by atoms with Gasteiger partial charge in [0.25, 0.3) is 0 Å². The Morgan fingerprint density at radius 3 is 2.61 bits per heavy atom. The van der Waals surface area contributed by atoms with Crippen molar-refractivity contribution in [3.05, 3.63) is 65.2 Å². The van der Waals surface area contributed by atoms with Crippen LogP contribution in [0.25, 0.3) is 0 Å². The summed E-state index contributed by atoms with van der Waals surface area (Å²) in [6.07, 6.45) is 1.17. The first-order valence-electron chi connectivity index (χ1n) is 6.67. The van der Waals surface area contributed by atoms with Gasteiger partial charge in [-0.2, -0.15) is 0 Å². The van der Waals surface area contributed by atoms with Gasteiger partial charge in [-0.15, -0.1) is 0 Å². The highest BCUT2D eigenvalue weighted by Gasteiger charge is 2.23. The van der Waals surface area contributed by atoms with Crippen LogP contribution in [0.15, 0.2) is 48.5 Å².